The SMILES string of the molecule is FC1(F)CCC(CC2=CC(Cl)CC2)C1. The molecule has 2 rings (SSSR count). The van der Waals surface area contributed by atoms with Crippen LogP contribution in [0.4, 0.5) is 8.78 Å². The summed E-state index contributed by atoms with van der Waals surface area (Å²) in [6.45, 7) is 0. The maximum absolute atomic E-state index is 12.9. The van der Waals surface area contributed by atoms with Gasteiger partial charge in [0.2, 0.25) is 5.92 Å². The highest BCUT2D eigenvalue weighted by molar-refractivity contribution is 6.22. The van der Waals surface area contributed by atoms with Crippen molar-refractivity contribution < 1.29 is 8.78 Å². The third kappa shape index (κ3) is 2.47. The first-order valence-electron chi connectivity index (χ1n) is 5.27. The quantitative estimate of drug-likeness (QED) is 0.485. The van der Waals surface area contributed by atoms with Gasteiger partial charge in [-0.25, -0.2) is 8.78 Å². The molecule has 3 heteroatoms. The lowest BCUT2D eigenvalue weighted by atomic mass is 9.97. The molecule has 0 heterocycles. The van der Waals surface area contributed by atoms with E-state index in [9.17, 15) is 8.78 Å². The van der Waals surface area contributed by atoms with Crippen LogP contribution in [0.1, 0.15) is 38.5 Å². The Morgan fingerprint density at radius 3 is 2.71 bits per heavy atom. The lowest BCUT2D eigenvalue weighted by molar-refractivity contribution is 0.00507. The molecule has 2 aliphatic rings. The van der Waals surface area contributed by atoms with Crippen molar-refractivity contribution in [2.45, 2.75) is 49.8 Å². The fourth-order valence-corrected chi connectivity index (χ4v) is 2.79. The highest BCUT2D eigenvalue weighted by Crippen LogP contribution is 2.42. The molecule has 0 aliphatic heterocycles. The molecule has 0 N–H and O–H groups in total. The Morgan fingerprint density at radius 2 is 2.21 bits per heavy atom. The number of alkyl halides is 3. The molecule has 2 aliphatic carbocycles. The number of allylic oxidation sites excluding steroid dienone is 2. The summed E-state index contributed by atoms with van der Waals surface area (Å²) >= 11 is 5.92. The molecule has 0 bridgehead atoms. The Balaban J connectivity index is 1.85. The standard InChI is InChI=1S/C11H15ClF2/c12-10-2-1-8(6-10)5-9-3-4-11(13,14)7-9/h6,9-10H,1-5,7H2. The Bertz CT molecular complexity index is 248. The molecular weight excluding hydrogens is 206 g/mol. The fraction of sp³-hybridized carbons (Fsp3) is 0.818. The summed E-state index contributed by atoms with van der Waals surface area (Å²) in [6.07, 6.45) is 5.73. The van der Waals surface area contributed by atoms with E-state index in [-0.39, 0.29) is 24.1 Å². The van der Waals surface area contributed by atoms with Gasteiger partial charge in [0, 0.05) is 12.8 Å². The van der Waals surface area contributed by atoms with E-state index in [2.05, 4.69) is 6.08 Å². The van der Waals surface area contributed by atoms with E-state index in [1.807, 2.05) is 0 Å². The molecule has 1 fully saturated rings. The molecule has 0 saturated heterocycles. The van der Waals surface area contributed by atoms with Crippen molar-refractivity contribution in [2.75, 3.05) is 0 Å². The molecule has 14 heavy (non-hydrogen) atoms. The van der Waals surface area contributed by atoms with E-state index in [4.69, 9.17) is 11.6 Å². The average Bonchev–Trinajstić information content (AvgIpc) is 2.59. The highest BCUT2D eigenvalue weighted by atomic mass is 35.5. The van der Waals surface area contributed by atoms with Gasteiger partial charge >= 0.3 is 0 Å². The summed E-state index contributed by atoms with van der Waals surface area (Å²) in [6, 6.07) is 0. The van der Waals surface area contributed by atoms with Crippen LogP contribution < -0.4 is 0 Å². The third-order valence-electron chi connectivity index (χ3n) is 3.21. The largest absolute Gasteiger partial charge is 0.248 e. The fourth-order valence-electron chi connectivity index (χ4n) is 2.50. The first-order chi connectivity index (χ1) is 6.55. The van der Waals surface area contributed by atoms with Gasteiger partial charge in [0.15, 0.2) is 0 Å². The Hall–Kier alpha value is -0.110. The van der Waals surface area contributed by atoms with Crippen LogP contribution in [0.2, 0.25) is 0 Å². The Morgan fingerprint density at radius 1 is 1.43 bits per heavy atom. The predicted molar refractivity (Wildman–Crippen MR) is 53.9 cm³/mol. The minimum absolute atomic E-state index is 0.0786. The molecule has 0 aromatic heterocycles. The summed E-state index contributed by atoms with van der Waals surface area (Å²) in [5.74, 6) is -2.21. The van der Waals surface area contributed by atoms with Crippen LogP contribution >= 0.6 is 11.6 Å². The maximum Gasteiger partial charge on any atom is 0.248 e. The van der Waals surface area contributed by atoms with Crippen molar-refractivity contribution in [3.63, 3.8) is 0 Å². The van der Waals surface area contributed by atoms with E-state index in [0.717, 1.165) is 19.3 Å². The van der Waals surface area contributed by atoms with E-state index in [1.165, 1.54) is 5.57 Å². The van der Waals surface area contributed by atoms with Gasteiger partial charge in [-0.2, -0.15) is 0 Å². The van der Waals surface area contributed by atoms with Crippen molar-refractivity contribution in [3.8, 4) is 0 Å². The zero-order chi connectivity index (χ0) is 10.2. The first-order valence-corrected chi connectivity index (χ1v) is 5.70. The molecular formula is C11H15ClF2. The normalized spacial score (nSPS) is 36.1. The first kappa shape index (κ1) is 10.4. The summed E-state index contributed by atoms with van der Waals surface area (Å²) in [5.41, 5.74) is 1.30. The van der Waals surface area contributed by atoms with Crippen LogP contribution in [0.3, 0.4) is 0 Å². The van der Waals surface area contributed by atoms with Gasteiger partial charge in [0.25, 0.3) is 0 Å². The molecule has 80 valence electrons. The molecule has 0 nitrogen and oxygen atoms in total. The second-order valence-corrected chi connectivity index (χ2v) is 5.11. The molecule has 0 radical (unpaired) electrons. The van der Waals surface area contributed by atoms with Crippen molar-refractivity contribution in [2.24, 2.45) is 5.92 Å². The van der Waals surface area contributed by atoms with Gasteiger partial charge in [-0.3, -0.25) is 0 Å². The van der Waals surface area contributed by atoms with Crippen molar-refractivity contribution in [3.05, 3.63) is 11.6 Å². The zero-order valence-electron chi connectivity index (χ0n) is 8.11. The second-order valence-electron chi connectivity index (χ2n) is 4.55. The lowest BCUT2D eigenvalue weighted by Crippen LogP contribution is -2.09. The van der Waals surface area contributed by atoms with Crippen LogP contribution in [-0.4, -0.2) is 11.3 Å². The summed E-state index contributed by atoms with van der Waals surface area (Å²) in [7, 11) is 0. The van der Waals surface area contributed by atoms with E-state index < -0.39 is 5.92 Å². The second kappa shape index (κ2) is 3.80. The predicted octanol–water partition coefficient (Wildman–Crippen LogP) is 4.14. The number of rotatable bonds is 2. The van der Waals surface area contributed by atoms with Crippen LogP contribution in [-0.2, 0) is 0 Å². The minimum atomic E-state index is -2.40. The number of hydrogen-bond donors (Lipinski definition) is 0. The van der Waals surface area contributed by atoms with Crippen molar-refractivity contribution in [1.29, 1.82) is 0 Å². The van der Waals surface area contributed by atoms with Gasteiger partial charge < -0.3 is 0 Å². The molecule has 1 saturated carbocycles. The minimum Gasteiger partial charge on any atom is -0.207 e. The molecule has 0 amide bonds. The zero-order valence-corrected chi connectivity index (χ0v) is 8.86. The van der Waals surface area contributed by atoms with Crippen LogP contribution in [0.15, 0.2) is 11.6 Å². The third-order valence-corrected chi connectivity index (χ3v) is 3.56. The monoisotopic (exact) mass is 220 g/mol. The Kier molecular flexibility index (Phi) is 2.83. The Labute approximate surface area is 88.3 Å². The van der Waals surface area contributed by atoms with Crippen LogP contribution in [0.25, 0.3) is 0 Å². The molecule has 0 aromatic carbocycles. The van der Waals surface area contributed by atoms with E-state index >= 15 is 0 Å². The van der Waals surface area contributed by atoms with Crippen molar-refractivity contribution in [1.82, 2.24) is 0 Å². The van der Waals surface area contributed by atoms with Gasteiger partial charge in [-0.15, -0.1) is 11.6 Å². The van der Waals surface area contributed by atoms with E-state index in [0.29, 0.717) is 6.42 Å². The number of hydrogen-bond acceptors (Lipinski definition) is 0. The molecule has 2 unspecified atom stereocenters. The molecule has 2 atom stereocenters. The highest BCUT2D eigenvalue weighted by Gasteiger charge is 2.39. The average molecular weight is 221 g/mol. The summed E-state index contributed by atoms with van der Waals surface area (Å²) in [5, 5.41) is 0.145. The van der Waals surface area contributed by atoms with E-state index in [1.54, 1.807) is 0 Å². The summed E-state index contributed by atoms with van der Waals surface area (Å²) < 4.78 is 25.8. The lowest BCUT2D eigenvalue weighted by Gasteiger charge is -2.10. The molecule has 0 spiro atoms. The topological polar surface area (TPSA) is 0 Å². The smallest absolute Gasteiger partial charge is 0.207 e. The maximum atomic E-state index is 12.9. The van der Waals surface area contributed by atoms with Crippen LogP contribution in [0.5, 0.6) is 0 Å². The van der Waals surface area contributed by atoms with Gasteiger partial charge in [-0.05, 0) is 31.6 Å². The van der Waals surface area contributed by atoms with Gasteiger partial charge in [-0.1, -0.05) is 11.6 Å². The summed E-state index contributed by atoms with van der Waals surface area (Å²) in [4.78, 5) is 0. The number of halogens is 3. The molecule has 0 aromatic rings. The van der Waals surface area contributed by atoms with Gasteiger partial charge in [0.05, 0.1) is 5.38 Å². The van der Waals surface area contributed by atoms with Crippen molar-refractivity contribution >= 4 is 11.6 Å². The van der Waals surface area contributed by atoms with Gasteiger partial charge in [0.1, 0.15) is 0 Å². The van der Waals surface area contributed by atoms with Crippen LogP contribution in [0, 0.1) is 5.92 Å².